The quantitative estimate of drug-likeness (QED) is 0.331. The lowest BCUT2D eigenvalue weighted by Gasteiger charge is -2.51. The molecule has 4 heteroatoms. The molecule has 0 aliphatic heterocycles. The highest BCUT2D eigenvalue weighted by Crippen LogP contribution is 2.51. The molecule has 4 nitrogen and oxygen atoms in total. The van der Waals surface area contributed by atoms with E-state index in [0.717, 1.165) is 37.0 Å². The zero-order valence-electron chi connectivity index (χ0n) is 22.0. The van der Waals surface area contributed by atoms with E-state index in [2.05, 4.69) is 33.8 Å². The van der Waals surface area contributed by atoms with Crippen LogP contribution in [0.5, 0.6) is 17.2 Å². The molecule has 35 heavy (non-hydrogen) atoms. The summed E-state index contributed by atoms with van der Waals surface area (Å²) >= 11 is 0. The summed E-state index contributed by atoms with van der Waals surface area (Å²) in [6.07, 6.45) is 6.89. The summed E-state index contributed by atoms with van der Waals surface area (Å²) in [5.41, 5.74) is 2.41. The highest BCUT2D eigenvalue weighted by molar-refractivity contribution is 6.03. The van der Waals surface area contributed by atoms with Crippen LogP contribution in [0.25, 0.3) is 0 Å². The number of phenolic OH excluding ortho intramolecular Hbond substituents is 1. The van der Waals surface area contributed by atoms with Gasteiger partial charge in [0.15, 0.2) is 5.78 Å². The van der Waals surface area contributed by atoms with Crippen LogP contribution in [0.15, 0.2) is 54.1 Å². The van der Waals surface area contributed by atoms with Crippen molar-refractivity contribution in [2.45, 2.75) is 71.8 Å². The Morgan fingerprint density at radius 2 is 1.74 bits per heavy atom. The van der Waals surface area contributed by atoms with Gasteiger partial charge in [0.1, 0.15) is 22.8 Å². The normalized spacial score (nSPS) is 27.1. The monoisotopic (exact) mass is 476 g/mol. The van der Waals surface area contributed by atoms with Gasteiger partial charge < -0.3 is 14.6 Å². The minimum Gasteiger partial charge on any atom is -0.507 e. The molecule has 0 unspecified atom stereocenters. The number of hydrogen-bond donors (Lipinski definition) is 1. The van der Waals surface area contributed by atoms with Crippen molar-refractivity contribution in [3.63, 3.8) is 0 Å². The zero-order valence-corrected chi connectivity index (χ0v) is 22.0. The molecule has 0 radical (unpaired) electrons. The smallest absolute Gasteiger partial charge is 0.173 e. The van der Waals surface area contributed by atoms with Crippen LogP contribution in [0.4, 0.5) is 0 Å². The highest BCUT2D eigenvalue weighted by atomic mass is 16.5. The van der Waals surface area contributed by atoms with Crippen molar-refractivity contribution in [2.75, 3.05) is 7.11 Å². The number of ether oxygens (including phenoxy) is 2. The van der Waals surface area contributed by atoms with Gasteiger partial charge in [-0.3, -0.25) is 4.79 Å². The van der Waals surface area contributed by atoms with Gasteiger partial charge in [-0.15, -0.1) is 0 Å². The van der Waals surface area contributed by atoms with Gasteiger partial charge in [-0.2, -0.15) is 0 Å². The fourth-order valence-electron chi connectivity index (χ4n) is 6.30. The van der Waals surface area contributed by atoms with Gasteiger partial charge in [0.25, 0.3) is 0 Å². The molecule has 2 aromatic carbocycles. The standard InChI is InChI=1S/C31H40O4/c1-19(2)25-15-16-31(5,28-14-7-20(3)17-27(25)28)35-24-12-13-26(29(32)18-24)30(33)21(4)22-8-10-23(34-6)11-9-22/h8-13,17-19,21,25,27-28,32H,7,14-16H2,1-6H3/t21-,25+,27+,28-,31-/m1/s1. The molecule has 0 heterocycles. The third-order valence-corrected chi connectivity index (χ3v) is 8.50. The lowest BCUT2D eigenvalue weighted by molar-refractivity contribution is -0.0618. The van der Waals surface area contributed by atoms with Crippen LogP contribution in [0.3, 0.4) is 0 Å². The number of benzene rings is 2. The van der Waals surface area contributed by atoms with E-state index in [1.54, 1.807) is 19.2 Å². The van der Waals surface area contributed by atoms with Crippen LogP contribution in [0, 0.1) is 23.7 Å². The molecule has 0 saturated heterocycles. The Bertz CT molecular complexity index is 1080. The summed E-state index contributed by atoms with van der Waals surface area (Å²) in [7, 11) is 1.62. The van der Waals surface area contributed by atoms with Crippen LogP contribution in [-0.4, -0.2) is 23.6 Å². The second kappa shape index (κ2) is 10.1. The van der Waals surface area contributed by atoms with Crippen LogP contribution >= 0.6 is 0 Å². The van der Waals surface area contributed by atoms with Crippen molar-refractivity contribution < 1.29 is 19.4 Å². The number of carbonyl (C=O) groups is 1. The molecule has 5 atom stereocenters. The van der Waals surface area contributed by atoms with E-state index in [4.69, 9.17) is 9.47 Å². The van der Waals surface area contributed by atoms with Gasteiger partial charge in [0.05, 0.1) is 12.7 Å². The summed E-state index contributed by atoms with van der Waals surface area (Å²) in [5.74, 6) is 3.18. The third-order valence-electron chi connectivity index (χ3n) is 8.50. The highest BCUT2D eigenvalue weighted by Gasteiger charge is 2.48. The maximum atomic E-state index is 13.2. The Labute approximate surface area is 210 Å². The van der Waals surface area contributed by atoms with Gasteiger partial charge in [-0.25, -0.2) is 0 Å². The summed E-state index contributed by atoms with van der Waals surface area (Å²) in [6.45, 7) is 11.0. The number of rotatable bonds is 7. The van der Waals surface area contributed by atoms with Crippen molar-refractivity contribution in [1.82, 2.24) is 0 Å². The first-order valence-electron chi connectivity index (χ1n) is 13.0. The number of methoxy groups -OCH3 is 1. The van der Waals surface area contributed by atoms with Crippen molar-refractivity contribution in [1.29, 1.82) is 0 Å². The van der Waals surface area contributed by atoms with Gasteiger partial charge in [-0.1, -0.05) is 44.6 Å². The first-order chi connectivity index (χ1) is 16.6. The summed E-state index contributed by atoms with van der Waals surface area (Å²) in [5, 5.41) is 10.8. The SMILES string of the molecule is COc1ccc([C@@H](C)C(=O)c2ccc(O[C@]3(C)CC[C@@H](C(C)C)[C@@H]4C=C(C)CC[C@H]43)cc2O)cc1. The second-order valence-electron chi connectivity index (χ2n) is 11.1. The number of aromatic hydroxyl groups is 1. The zero-order chi connectivity index (χ0) is 25.3. The van der Waals surface area contributed by atoms with E-state index in [9.17, 15) is 9.90 Å². The van der Waals surface area contributed by atoms with E-state index >= 15 is 0 Å². The molecule has 2 aliphatic carbocycles. The van der Waals surface area contributed by atoms with Crippen LogP contribution < -0.4 is 9.47 Å². The Morgan fingerprint density at radius 1 is 1.06 bits per heavy atom. The van der Waals surface area contributed by atoms with Crippen LogP contribution in [0.2, 0.25) is 0 Å². The van der Waals surface area contributed by atoms with E-state index in [0.29, 0.717) is 35.0 Å². The molecular formula is C31H40O4. The maximum Gasteiger partial charge on any atom is 0.173 e. The fraction of sp³-hybridized carbons (Fsp3) is 0.516. The molecule has 1 fully saturated rings. The number of ketones is 1. The van der Waals surface area contributed by atoms with E-state index in [-0.39, 0.29) is 23.1 Å². The van der Waals surface area contributed by atoms with Gasteiger partial charge >= 0.3 is 0 Å². The van der Waals surface area contributed by atoms with E-state index in [1.807, 2.05) is 37.3 Å². The van der Waals surface area contributed by atoms with Gasteiger partial charge in [0, 0.05) is 17.9 Å². The van der Waals surface area contributed by atoms with Crippen molar-refractivity contribution >= 4 is 5.78 Å². The third kappa shape index (κ3) is 5.12. The number of fused-ring (bicyclic) bond motifs is 1. The average molecular weight is 477 g/mol. The van der Waals surface area contributed by atoms with Crippen molar-refractivity contribution in [3.05, 3.63) is 65.2 Å². The number of carbonyl (C=O) groups excluding carboxylic acids is 1. The Hall–Kier alpha value is -2.75. The number of hydrogen-bond acceptors (Lipinski definition) is 4. The van der Waals surface area contributed by atoms with Crippen molar-refractivity contribution in [3.8, 4) is 17.2 Å². The summed E-state index contributed by atoms with van der Waals surface area (Å²) in [4.78, 5) is 13.2. The molecule has 1 saturated carbocycles. The van der Waals surface area contributed by atoms with Crippen LogP contribution in [-0.2, 0) is 0 Å². The Morgan fingerprint density at radius 3 is 2.37 bits per heavy atom. The molecule has 2 aromatic rings. The van der Waals surface area contributed by atoms with Crippen molar-refractivity contribution in [2.24, 2.45) is 23.7 Å². The topological polar surface area (TPSA) is 55.8 Å². The largest absolute Gasteiger partial charge is 0.507 e. The number of phenols is 1. The molecule has 0 bridgehead atoms. The van der Waals surface area contributed by atoms with E-state index in [1.165, 1.54) is 5.57 Å². The molecule has 2 aliphatic rings. The molecule has 1 N–H and O–H groups in total. The average Bonchev–Trinajstić information content (AvgIpc) is 2.83. The number of Topliss-reactive ketones (excluding diaryl/α,β-unsaturated/α-hetero) is 1. The first-order valence-corrected chi connectivity index (χ1v) is 13.0. The Balaban J connectivity index is 1.53. The van der Waals surface area contributed by atoms with Gasteiger partial charge in [-0.05, 0) is 87.1 Å². The predicted molar refractivity (Wildman–Crippen MR) is 140 cm³/mol. The summed E-state index contributed by atoms with van der Waals surface area (Å²) < 4.78 is 11.9. The molecular weight excluding hydrogens is 436 g/mol. The lowest BCUT2D eigenvalue weighted by Crippen LogP contribution is -2.51. The molecule has 0 amide bonds. The summed E-state index contributed by atoms with van der Waals surface area (Å²) in [6, 6.07) is 12.6. The molecule has 0 aromatic heterocycles. The minimum atomic E-state index is -0.375. The van der Waals surface area contributed by atoms with Crippen LogP contribution in [0.1, 0.15) is 82.1 Å². The van der Waals surface area contributed by atoms with Gasteiger partial charge in [0.2, 0.25) is 0 Å². The predicted octanol–water partition coefficient (Wildman–Crippen LogP) is 7.56. The molecule has 188 valence electrons. The second-order valence-corrected chi connectivity index (χ2v) is 11.1. The lowest BCUT2D eigenvalue weighted by atomic mass is 9.58. The van der Waals surface area contributed by atoms with E-state index < -0.39 is 0 Å². The minimum absolute atomic E-state index is 0.0248. The number of allylic oxidation sites excluding steroid dienone is 2. The fourth-order valence-corrected chi connectivity index (χ4v) is 6.30. The molecule has 0 spiro atoms. The Kier molecular flexibility index (Phi) is 7.30. The maximum absolute atomic E-state index is 13.2. The first kappa shape index (κ1) is 25.3. The molecule has 4 rings (SSSR count).